The van der Waals surface area contributed by atoms with E-state index in [0.717, 1.165) is 13.1 Å². The van der Waals surface area contributed by atoms with Crippen molar-refractivity contribution in [2.45, 2.75) is 6.10 Å². The van der Waals surface area contributed by atoms with E-state index in [1.54, 1.807) is 37.5 Å². The van der Waals surface area contributed by atoms with Crippen LogP contribution < -0.4 is 28.4 Å². The molecule has 4 N–H and O–H groups in total. The number of tetrazole rings is 1. The number of rotatable bonds is 7. The second-order valence-corrected chi connectivity index (χ2v) is 6.87. The molecular weight excluding hydrogens is 427 g/mol. The van der Waals surface area contributed by atoms with E-state index in [1.807, 2.05) is 0 Å². The lowest BCUT2D eigenvalue weighted by atomic mass is 10.1. The molecule has 1 saturated heterocycles. The van der Waals surface area contributed by atoms with Crippen LogP contribution in [0, 0.1) is 5.82 Å². The molecule has 31 heavy (non-hydrogen) atoms. The highest BCUT2D eigenvalue weighted by atomic mass is 35.5. The monoisotopic (exact) mass is 448 g/mol. The van der Waals surface area contributed by atoms with Gasteiger partial charge in [-0.3, -0.25) is 9.88 Å². The molecule has 0 radical (unpaired) electrons. The number of nitrogens with zero attached hydrogens (tertiary/aromatic N) is 6. The number of benzene rings is 1. The molecule has 1 aromatic carbocycles. The summed E-state index contributed by atoms with van der Waals surface area (Å²) in [6, 6.07) is 8.11. The summed E-state index contributed by atoms with van der Waals surface area (Å²) < 4.78 is 20.2. The minimum absolute atomic E-state index is 0. The molecule has 10 nitrogen and oxygen atoms in total. The van der Waals surface area contributed by atoms with Crippen molar-refractivity contribution in [2.75, 3.05) is 31.1 Å². The first-order valence-electron chi connectivity index (χ1n) is 9.53. The van der Waals surface area contributed by atoms with Crippen LogP contribution in [0.2, 0.25) is 0 Å². The number of amides is 1. The quantitative estimate of drug-likeness (QED) is 0.375. The van der Waals surface area contributed by atoms with Gasteiger partial charge in [-0.25, -0.2) is 9.18 Å². The zero-order valence-corrected chi connectivity index (χ0v) is 17.6. The molecule has 1 aliphatic heterocycles. The van der Waals surface area contributed by atoms with Crippen LogP contribution in [-0.4, -0.2) is 63.6 Å². The van der Waals surface area contributed by atoms with Crippen LogP contribution in [0.3, 0.4) is 0 Å². The third-order valence-corrected chi connectivity index (χ3v) is 4.68. The SMILES string of the molecule is Cn1nnc(-c2ccc(-c3ccc(N4C[C@H](CNCC[NH3+])OC4=O)cc3F)cn2)n1.[Cl-]. The summed E-state index contributed by atoms with van der Waals surface area (Å²) in [6.07, 6.45) is 0.794. The van der Waals surface area contributed by atoms with E-state index in [0.29, 0.717) is 41.4 Å². The number of carbonyl (C=O) groups excluding carboxylic acids is 1. The van der Waals surface area contributed by atoms with Gasteiger partial charge in [-0.15, -0.1) is 10.2 Å². The molecule has 2 aromatic heterocycles. The number of aryl methyl sites for hydroxylation is 1. The Morgan fingerprint density at radius 3 is 2.81 bits per heavy atom. The van der Waals surface area contributed by atoms with Gasteiger partial charge < -0.3 is 28.2 Å². The number of carbonyl (C=O) groups is 1. The number of hydrogen-bond acceptors (Lipinski definition) is 7. The Morgan fingerprint density at radius 1 is 1.32 bits per heavy atom. The molecule has 1 amide bonds. The summed E-state index contributed by atoms with van der Waals surface area (Å²) in [7, 11) is 1.67. The zero-order chi connectivity index (χ0) is 21.1. The van der Waals surface area contributed by atoms with Crippen LogP contribution in [0.1, 0.15) is 0 Å². The maximum atomic E-state index is 14.8. The van der Waals surface area contributed by atoms with Crippen molar-refractivity contribution >= 4 is 11.8 Å². The second-order valence-electron chi connectivity index (χ2n) is 6.87. The highest BCUT2D eigenvalue weighted by Crippen LogP contribution is 2.29. The zero-order valence-electron chi connectivity index (χ0n) is 16.8. The third kappa shape index (κ3) is 4.95. The van der Waals surface area contributed by atoms with Crippen LogP contribution in [0.15, 0.2) is 36.5 Å². The molecule has 4 rings (SSSR count). The number of pyridine rings is 1. The number of quaternary nitrogens is 1. The Balaban J connectivity index is 0.00000272. The van der Waals surface area contributed by atoms with Crippen LogP contribution in [0.4, 0.5) is 14.9 Å². The van der Waals surface area contributed by atoms with Gasteiger partial charge in [0.15, 0.2) is 0 Å². The van der Waals surface area contributed by atoms with Gasteiger partial charge in [-0.05, 0) is 29.5 Å². The number of halogens is 2. The molecule has 0 spiro atoms. The van der Waals surface area contributed by atoms with Crippen LogP contribution in [0.5, 0.6) is 0 Å². The van der Waals surface area contributed by atoms with Crippen LogP contribution >= 0.6 is 0 Å². The molecule has 0 aliphatic carbocycles. The van der Waals surface area contributed by atoms with Crippen LogP contribution in [-0.2, 0) is 11.8 Å². The Hall–Kier alpha value is -3.15. The largest absolute Gasteiger partial charge is 1.00 e. The first-order chi connectivity index (χ1) is 14.5. The van der Waals surface area contributed by atoms with Crippen molar-refractivity contribution in [3.63, 3.8) is 0 Å². The fourth-order valence-corrected chi connectivity index (χ4v) is 3.20. The highest BCUT2D eigenvalue weighted by molar-refractivity contribution is 5.90. The average molecular weight is 449 g/mol. The summed E-state index contributed by atoms with van der Waals surface area (Å²) in [5.41, 5.74) is 5.73. The predicted octanol–water partition coefficient (Wildman–Crippen LogP) is -2.76. The molecule has 3 aromatic rings. The first kappa shape index (κ1) is 22.5. The minimum atomic E-state index is -0.480. The number of ether oxygens (including phenoxy) is 1. The molecule has 3 heterocycles. The smallest absolute Gasteiger partial charge is 0.414 e. The molecule has 164 valence electrons. The normalized spacial score (nSPS) is 15.6. The van der Waals surface area contributed by atoms with Gasteiger partial charge in [0.25, 0.3) is 0 Å². The number of anilines is 1. The van der Waals surface area contributed by atoms with Gasteiger partial charge in [-0.2, -0.15) is 4.80 Å². The van der Waals surface area contributed by atoms with Gasteiger partial charge in [0, 0.05) is 30.4 Å². The van der Waals surface area contributed by atoms with Gasteiger partial charge in [-0.1, -0.05) is 6.07 Å². The summed E-state index contributed by atoms with van der Waals surface area (Å²) in [4.78, 5) is 19.2. The molecule has 1 atom stereocenters. The maximum Gasteiger partial charge on any atom is 0.414 e. The van der Waals surface area contributed by atoms with E-state index in [1.165, 1.54) is 15.8 Å². The van der Waals surface area contributed by atoms with Crippen molar-refractivity contribution in [2.24, 2.45) is 7.05 Å². The molecule has 1 fully saturated rings. The number of hydrogen-bond donors (Lipinski definition) is 2. The topological polar surface area (TPSA) is 126 Å². The number of nitrogens with one attached hydrogen (secondary N) is 1. The van der Waals surface area contributed by atoms with E-state index in [4.69, 9.17) is 4.74 Å². The van der Waals surface area contributed by atoms with E-state index < -0.39 is 11.9 Å². The van der Waals surface area contributed by atoms with E-state index in [9.17, 15) is 9.18 Å². The lowest BCUT2D eigenvalue weighted by Gasteiger charge is -2.14. The van der Waals surface area contributed by atoms with Crippen molar-refractivity contribution in [1.82, 2.24) is 30.5 Å². The lowest BCUT2D eigenvalue weighted by Crippen LogP contribution is -3.00. The van der Waals surface area contributed by atoms with Gasteiger partial charge in [0.05, 0.1) is 25.8 Å². The fourth-order valence-electron chi connectivity index (χ4n) is 3.20. The Kier molecular flexibility index (Phi) is 7.10. The van der Waals surface area contributed by atoms with E-state index in [2.05, 4.69) is 31.4 Å². The molecule has 12 heteroatoms. The van der Waals surface area contributed by atoms with E-state index >= 15 is 0 Å². The Labute approximate surface area is 184 Å². The Bertz CT molecular complexity index is 1050. The fraction of sp³-hybridized carbons (Fsp3) is 0.316. The minimum Gasteiger partial charge on any atom is -1.00 e. The van der Waals surface area contributed by atoms with E-state index in [-0.39, 0.29) is 18.5 Å². The van der Waals surface area contributed by atoms with Crippen molar-refractivity contribution in [3.05, 3.63) is 42.3 Å². The van der Waals surface area contributed by atoms with Gasteiger partial charge in [0.1, 0.15) is 17.6 Å². The van der Waals surface area contributed by atoms with Crippen molar-refractivity contribution in [1.29, 1.82) is 0 Å². The Morgan fingerprint density at radius 2 is 2.16 bits per heavy atom. The molecular formula is C19H22ClFN8O2. The van der Waals surface area contributed by atoms with Crippen LogP contribution in [0.25, 0.3) is 22.6 Å². The third-order valence-electron chi connectivity index (χ3n) is 4.68. The number of aromatic nitrogens is 5. The number of cyclic esters (lactones) is 1. The van der Waals surface area contributed by atoms with Crippen molar-refractivity contribution in [3.8, 4) is 22.6 Å². The highest BCUT2D eigenvalue weighted by Gasteiger charge is 2.32. The molecule has 0 unspecified atom stereocenters. The first-order valence-corrected chi connectivity index (χ1v) is 9.53. The predicted molar refractivity (Wildman–Crippen MR) is 106 cm³/mol. The standard InChI is InChI=1S/C19H21FN8O2.ClH/c1-27-25-18(24-26-27)17-5-2-12(9-23-17)15-4-3-13(8-16(15)20)28-11-14(30-19(28)29)10-22-7-6-21;/h2-5,8-9,14,22H,6-7,10-11,21H2,1H3;1H/t14-;/m0./s1. The summed E-state index contributed by atoms with van der Waals surface area (Å²) in [5, 5.41) is 14.9. The van der Waals surface area contributed by atoms with Crippen molar-refractivity contribution < 1.29 is 32.1 Å². The van der Waals surface area contributed by atoms with Gasteiger partial charge in [0.2, 0.25) is 5.82 Å². The molecule has 0 bridgehead atoms. The lowest BCUT2D eigenvalue weighted by molar-refractivity contribution is -0.365. The molecule has 1 aliphatic rings. The molecule has 0 saturated carbocycles. The summed E-state index contributed by atoms with van der Waals surface area (Å²) in [6.45, 7) is 2.40. The second kappa shape index (κ2) is 9.77. The average Bonchev–Trinajstić information content (AvgIpc) is 3.34. The maximum absolute atomic E-state index is 14.8. The summed E-state index contributed by atoms with van der Waals surface area (Å²) >= 11 is 0. The summed E-state index contributed by atoms with van der Waals surface area (Å²) in [5.74, 6) is -0.0576. The van der Waals surface area contributed by atoms with Gasteiger partial charge >= 0.3 is 6.09 Å².